The van der Waals surface area contributed by atoms with Crippen molar-refractivity contribution in [3.8, 4) is 17.2 Å². The topological polar surface area (TPSA) is 43.4 Å². The summed E-state index contributed by atoms with van der Waals surface area (Å²) in [5, 5.41) is 0. The van der Waals surface area contributed by atoms with E-state index in [0.29, 0.717) is 29.7 Å². The molecule has 1 aromatic carbocycles. The molecule has 1 aromatic rings. The summed E-state index contributed by atoms with van der Waals surface area (Å²) in [6, 6.07) is 4.71. The fourth-order valence-electron chi connectivity index (χ4n) is 4.49. The second-order valence-corrected chi connectivity index (χ2v) is 7.71. The van der Waals surface area contributed by atoms with Gasteiger partial charge in [0.2, 0.25) is 5.75 Å². The van der Waals surface area contributed by atoms with Crippen LogP contribution in [0.25, 0.3) is 0 Å². The molecule has 0 aromatic heterocycles. The maximum Gasteiger partial charge on any atom is 0.203 e. The van der Waals surface area contributed by atoms with E-state index < -0.39 is 0 Å². The first kappa shape index (κ1) is 20.2. The maximum absolute atomic E-state index is 5.89. The highest BCUT2D eigenvalue weighted by atomic mass is 16.5. The van der Waals surface area contributed by atoms with E-state index in [0.717, 1.165) is 44.0 Å². The predicted molar refractivity (Wildman–Crippen MR) is 106 cm³/mol. The molecular weight excluding hydrogens is 344 g/mol. The Morgan fingerprint density at radius 3 is 2.11 bits per heavy atom. The third-order valence-corrected chi connectivity index (χ3v) is 5.70. The van der Waals surface area contributed by atoms with Gasteiger partial charge in [0.05, 0.1) is 33.5 Å². The molecule has 0 unspecified atom stereocenters. The van der Waals surface area contributed by atoms with Crippen LogP contribution in [0.3, 0.4) is 0 Å². The Bertz CT molecular complexity index is 606. The van der Waals surface area contributed by atoms with E-state index >= 15 is 0 Å². The molecule has 0 radical (unpaired) electrons. The molecular formula is C21H34N2O4. The Kier molecular flexibility index (Phi) is 6.84. The van der Waals surface area contributed by atoms with Gasteiger partial charge in [0.15, 0.2) is 11.5 Å². The Labute approximate surface area is 163 Å². The number of likely N-dealkylation sites (tertiary alicyclic amines) is 1. The van der Waals surface area contributed by atoms with Crippen LogP contribution in [0.2, 0.25) is 0 Å². The number of piperidine rings is 1. The van der Waals surface area contributed by atoms with Gasteiger partial charge >= 0.3 is 0 Å². The minimum Gasteiger partial charge on any atom is -0.493 e. The average molecular weight is 379 g/mol. The third kappa shape index (κ3) is 4.68. The standard InChI is InChI=1S/C21H34N2O4/c1-15-12-23(13-16(2)27-15)18-8-10-22(11-9-18)14-17-6-7-19(24-3)21(26-5)20(17)25-4/h6-7,15-16,18H,8-14H2,1-5H3/t15-,16-/m1/s1. The van der Waals surface area contributed by atoms with E-state index in [1.54, 1.807) is 21.3 Å². The zero-order valence-corrected chi connectivity index (χ0v) is 17.4. The van der Waals surface area contributed by atoms with Crippen molar-refractivity contribution in [2.45, 2.75) is 51.5 Å². The average Bonchev–Trinajstić information content (AvgIpc) is 2.67. The van der Waals surface area contributed by atoms with Gasteiger partial charge in [0.1, 0.15) is 0 Å². The van der Waals surface area contributed by atoms with Crippen molar-refractivity contribution in [2.24, 2.45) is 0 Å². The zero-order chi connectivity index (χ0) is 19.4. The van der Waals surface area contributed by atoms with Gasteiger partial charge in [-0.25, -0.2) is 0 Å². The maximum atomic E-state index is 5.89. The summed E-state index contributed by atoms with van der Waals surface area (Å²) in [5.74, 6) is 2.14. The lowest BCUT2D eigenvalue weighted by Gasteiger charge is -2.43. The molecule has 27 heavy (non-hydrogen) atoms. The quantitative estimate of drug-likeness (QED) is 0.758. The van der Waals surface area contributed by atoms with Gasteiger partial charge < -0.3 is 18.9 Å². The molecule has 2 fully saturated rings. The largest absolute Gasteiger partial charge is 0.493 e. The number of nitrogens with zero attached hydrogens (tertiary/aromatic N) is 2. The number of rotatable bonds is 6. The second-order valence-electron chi connectivity index (χ2n) is 7.71. The van der Waals surface area contributed by atoms with Crippen molar-refractivity contribution in [1.82, 2.24) is 9.80 Å². The number of methoxy groups -OCH3 is 3. The van der Waals surface area contributed by atoms with Crippen molar-refractivity contribution < 1.29 is 18.9 Å². The van der Waals surface area contributed by atoms with E-state index in [-0.39, 0.29) is 0 Å². The van der Waals surface area contributed by atoms with Gasteiger partial charge in [-0.3, -0.25) is 9.80 Å². The van der Waals surface area contributed by atoms with Crippen LogP contribution in [0.4, 0.5) is 0 Å². The summed E-state index contributed by atoms with van der Waals surface area (Å²) >= 11 is 0. The Morgan fingerprint density at radius 2 is 1.56 bits per heavy atom. The van der Waals surface area contributed by atoms with Crippen molar-refractivity contribution in [1.29, 1.82) is 0 Å². The third-order valence-electron chi connectivity index (χ3n) is 5.70. The van der Waals surface area contributed by atoms with Crippen molar-refractivity contribution in [2.75, 3.05) is 47.5 Å². The first-order valence-electron chi connectivity index (χ1n) is 9.95. The van der Waals surface area contributed by atoms with E-state index in [9.17, 15) is 0 Å². The Balaban J connectivity index is 1.61. The van der Waals surface area contributed by atoms with Crippen molar-refractivity contribution in [3.63, 3.8) is 0 Å². The smallest absolute Gasteiger partial charge is 0.203 e. The first-order valence-corrected chi connectivity index (χ1v) is 9.95. The molecule has 0 saturated carbocycles. The molecule has 2 atom stereocenters. The van der Waals surface area contributed by atoms with Gasteiger partial charge in [-0.05, 0) is 45.8 Å². The second kappa shape index (κ2) is 9.13. The molecule has 6 nitrogen and oxygen atoms in total. The summed E-state index contributed by atoms with van der Waals surface area (Å²) in [7, 11) is 4.99. The van der Waals surface area contributed by atoms with Crippen LogP contribution >= 0.6 is 0 Å². The summed E-state index contributed by atoms with van der Waals surface area (Å²) in [6.45, 7) is 9.54. The molecule has 3 rings (SSSR count). The number of benzene rings is 1. The number of ether oxygens (including phenoxy) is 4. The lowest BCUT2D eigenvalue weighted by molar-refractivity contribution is -0.0865. The minimum absolute atomic E-state index is 0.336. The van der Waals surface area contributed by atoms with Gasteiger partial charge in [-0.2, -0.15) is 0 Å². The van der Waals surface area contributed by atoms with Gasteiger partial charge in [0.25, 0.3) is 0 Å². The highest BCUT2D eigenvalue weighted by Crippen LogP contribution is 2.40. The molecule has 0 bridgehead atoms. The van der Waals surface area contributed by atoms with Gasteiger partial charge in [-0.1, -0.05) is 6.07 Å². The zero-order valence-electron chi connectivity index (χ0n) is 17.4. The van der Waals surface area contributed by atoms with Crippen LogP contribution in [-0.2, 0) is 11.3 Å². The first-order chi connectivity index (χ1) is 13.0. The monoisotopic (exact) mass is 378 g/mol. The summed E-state index contributed by atoms with van der Waals surface area (Å²) in [4.78, 5) is 5.14. The number of morpholine rings is 1. The Morgan fingerprint density at radius 1 is 0.926 bits per heavy atom. The van der Waals surface area contributed by atoms with Gasteiger partial charge in [0, 0.05) is 31.2 Å². The fraction of sp³-hybridized carbons (Fsp3) is 0.714. The highest BCUT2D eigenvalue weighted by molar-refractivity contribution is 5.55. The van der Waals surface area contributed by atoms with Crippen LogP contribution in [0.1, 0.15) is 32.3 Å². The van der Waals surface area contributed by atoms with E-state index in [2.05, 4.69) is 29.7 Å². The summed E-state index contributed by atoms with van der Waals surface area (Å²) in [6.07, 6.45) is 3.08. The van der Waals surface area contributed by atoms with Crippen molar-refractivity contribution in [3.05, 3.63) is 17.7 Å². The van der Waals surface area contributed by atoms with E-state index in [4.69, 9.17) is 18.9 Å². The molecule has 0 spiro atoms. The van der Waals surface area contributed by atoms with Gasteiger partial charge in [-0.15, -0.1) is 0 Å². The fourth-order valence-corrected chi connectivity index (χ4v) is 4.49. The molecule has 2 aliphatic rings. The van der Waals surface area contributed by atoms with Crippen LogP contribution in [0.5, 0.6) is 17.2 Å². The number of hydrogen-bond acceptors (Lipinski definition) is 6. The minimum atomic E-state index is 0.336. The molecule has 6 heteroatoms. The number of hydrogen-bond donors (Lipinski definition) is 0. The molecule has 2 saturated heterocycles. The Hall–Kier alpha value is -1.50. The summed E-state index contributed by atoms with van der Waals surface area (Å²) in [5.41, 5.74) is 1.14. The highest BCUT2D eigenvalue weighted by Gasteiger charge is 2.30. The van der Waals surface area contributed by atoms with E-state index in [1.807, 2.05) is 6.07 Å². The predicted octanol–water partition coefficient (Wildman–Crippen LogP) is 2.79. The molecule has 0 amide bonds. The summed E-state index contributed by atoms with van der Waals surface area (Å²) < 4.78 is 22.4. The molecule has 152 valence electrons. The van der Waals surface area contributed by atoms with Crippen LogP contribution < -0.4 is 14.2 Å². The van der Waals surface area contributed by atoms with E-state index in [1.165, 1.54) is 12.8 Å². The van der Waals surface area contributed by atoms with Crippen molar-refractivity contribution >= 4 is 0 Å². The van der Waals surface area contributed by atoms with Crippen LogP contribution in [0.15, 0.2) is 12.1 Å². The molecule has 0 aliphatic carbocycles. The van der Waals surface area contributed by atoms with Crippen LogP contribution in [-0.4, -0.2) is 75.6 Å². The molecule has 2 heterocycles. The molecule has 2 aliphatic heterocycles. The lowest BCUT2D eigenvalue weighted by Crippen LogP contribution is -2.53. The molecule has 0 N–H and O–H groups in total. The lowest BCUT2D eigenvalue weighted by atomic mass is 10.0. The van der Waals surface area contributed by atoms with Crippen LogP contribution in [0, 0.1) is 0 Å². The normalized spacial score (nSPS) is 25.4. The SMILES string of the molecule is COc1ccc(CN2CCC(N3C[C@@H](C)O[C@H](C)C3)CC2)c(OC)c1OC.